The second kappa shape index (κ2) is 11.1. The van der Waals surface area contributed by atoms with Crippen molar-refractivity contribution in [2.75, 3.05) is 25.2 Å². The molecule has 0 unspecified atom stereocenters. The van der Waals surface area contributed by atoms with Gasteiger partial charge in [0.25, 0.3) is 5.91 Å². The van der Waals surface area contributed by atoms with Gasteiger partial charge in [0.1, 0.15) is 11.5 Å². The van der Waals surface area contributed by atoms with Crippen LogP contribution < -0.4 is 19.5 Å². The van der Waals surface area contributed by atoms with Crippen molar-refractivity contribution in [3.8, 4) is 22.6 Å². The third-order valence-corrected chi connectivity index (χ3v) is 5.58. The zero-order valence-electron chi connectivity index (χ0n) is 18.5. The number of hydrogen-bond donors (Lipinski definition) is 2. The Morgan fingerprint density at radius 1 is 1.00 bits per heavy atom. The van der Waals surface area contributed by atoms with E-state index in [1.54, 1.807) is 54.6 Å². The van der Waals surface area contributed by atoms with Crippen LogP contribution in [-0.2, 0) is 16.4 Å². The van der Waals surface area contributed by atoms with E-state index >= 15 is 0 Å². The molecule has 0 atom stereocenters. The molecule has 3 aromatic carbocycles. The largest absolute Gasteiger partial charge is 0.497 e. The van der Waals surface area contributed by atoms with Crippen LogP contribution in [0.25, 0.3) is 11.1 Å². The molecule has 10 heteroatoms. The molecule has 1 amide bonds. The topological polar surface area (TPSA) is 93.7 Å². The molecular formula is C24H24F2N2O5S. The number of carbonyl (C=O) groups excluding carboxylic acids is 1. The van der Waals surface area contributed by atoms with Gasteiger partial charge in [0.15, 0.2) is 0 Å². The predicted octanol–water partition coefficient (Wildman–Crippen LogP) is 4.31. The Bertz CT molecular complexity index is 1230. The molecule has 0 saturated carbocycles. The summed E-state index contributed by atoms with van der Waals surface area (Å²) in [4.78, 5) is 12.7. The summed E-state index contributed by atoms with van der Waals surface area (Å²) in [6.45, 7) is -2.74. The molecule has 3 rings (SSSR count). The molecule has 0 aliphatic carbocycles. The number of methoxy groups -OCH3 is 1. The molecule has 0 spiro atoms. The lowest BCUT2D eigenvalue weighted by Gasteiger charge is -2.14. The number of carbonyl (C=O) groups is 1. The highest BCUT2D eigenvalue weighted by Crippen LogP contribution is 2.34. The summed E-state index contributed by atoms with van der Waals surface area (Å²) >= 11 is 0. The Kier molecular flexibility index (Phi) is 8.19. The van der Waals surface area contributed by atoms with Crippen LogP contribution >= 0.6 is 0 Å². The fourth-order valence-electron chi connectivity index (χ4n) is 3.21. The van der Waals surface area contributed by atoms with Crippen LogP contribution in [0.5, 0.6) is 11.5 Å². The van der Waals surface area contributed by atoms with Gasteiger partial charge in [-0.3, -0.25) is 4.79 Å². The molecule has 0 saturated heterocycles. The summed E-state index contributed by atoms with van der Waals surface area (Å²) in [5, 5.41) is 2.76. The highest BCUT2D eigenvalue weighted by Gasteiger charge is 2.14. The molecular weight excluding hydrogens is 466 g/mol. The first-order valence-electron chi connectivity index (χ1n) is 10.2. The standard InChI is InChI=1S/C24H24F2N2O5S/c1-32-20-10-7-17(8-11-20)21-15-19(9-12-22(21)33-24(25)26)28-23(29)18-5-3-16(4-6-18)13-14-27-34(2,30)31/h3-12,15,24,27H,13-14H2,1-2H3,(H,28,29). The van der Waals surface area contributed by atoms with Crippen molar-refractivity contribution in [3.63, 3.8) is 0 Å². The number of sulfonamides is 1. The number of halogens is 2. The van der Waals surface area contributed by atoms with Crippen LogP contribution in [-0.4, -0.2) is 40.8 Å². The first-order valence-corrected chi connectivity index (χ1v) is 12.1. The van der Waals surface area contributed by atoms with Gasteiger partial charge in [0.2, 0.25) is 10.0 Å². The number of alkyl halides is 2. The minimum absolute atomic E-state index is 0.0229. The maximum absolute atomic E-state index is 12.9. The third-order valence-electron chi connectivity index (χ3n) is 4.85. The summed E-state index contributed by atoms with van der Waals surface area (Å²) in [5.74, 6) is 0.203. The van der Waals surface area contributed by atoms with Gasteiger partial charge in [-0.2, -0.15) is 8.78 Å². The average Bonchev–Trinajstić information content (AvgIpc) is 2.79. The SMILES string of the molecule is COc1ccc(-c2cc(NC(=O)c3ccc(CCNS(C)(=O)=O)cc3)ccc2OC(F)F)cc1. The number of anilines is 1. The molecule has 7 nitrogen and oxygen atoms in total. The highest BCUT2D eigenvalue weighted by atomic mass is 32.2. The van der Waals surface area contributed by atoms with Gasteiger partial charge < -0.3 is 14.8 Å². The van der Waals surface area contributed by atoms with Crippen molar-refractivity contribution in [2.45, 2.75) is 13.0 Å². The lowest BCUT2D eigenvalue weighted by Crippen LogP contribution is -2.24. The third kappa shape index (κ3) is 7.26. The second-order valence-electron chi connectivity index (χ2n) is 7.39. The van der Waals surface area contributed by atoms with Crippen LogP contribution in [0.3, 0.4) is 0 Å². The highest BCUT2D eigenvalue weighted by molar-refractivity contribution is 7.88. The van der Waals surface area contributed by atoms with Gasteiger partial charge in [-0.05, 0) is 60.0 Å². The number of hydrogen-bond acceptors (Lipinski definition) is 5. The monoisotopic (exact) mass is 490 g/mol. The molecule has 0 bridgehead atoms. The Morgan fingerprint density at radius 3 is 2.26 bits per heavy atom. The normalized spacial score (nSPS) is 11.3. The number of amides is 1. The van der Waals surface area contributed by atoms with Crippen molar-refractivity contribution < 1.29 is 31.5 Å². The summed E-state index contributed by atoms with van der Waals surface area (Å²) in [6.07, 6.45) is 1.57. The quantitative estimate of drug-likeness (QED) is 0.442. The number of nitrogens with one attached hydrogen (secondary N) is 2. The van der Waals surface area contributed by atoms with E-state index in [2.05, 4.69) is 14.8 Å². The molecule has 0 radical (unpaired) electrons. The van der Waals surface area contributed by atoms with E-state index in [0.29, 0.717) is 34.5 Å². The second-order valence-corrected chi connectivity index (χ2v) is 9.22. The van der Waals surface area contributed by atoms with Crippen LogP contribution in [0.4, 0.5) is 14.5 Å². The Hall–Kier alpha value is -3.50. The number of benzene rings is 3. The van der Waals surface area contributed by atoms with E-state index < -0.39 is 16.6 Å². The molecule has 3 aromatic rings. The maximum Gasteiger partial charge on any atom is 0.387 e. The first-order chi connectivity index (χ1) is 16.1. The molecule has 0 aromatic heterocycles. The fourth-order valence-corrected chi connectivity index (χ4v) is 3.68. The molecule has 2 N–H and O–H groups in total. The maximum atomic E-state index is 12.9. The van der Waals surface area contributed by atoms with E-state index in [1.165, 1.54) is 19.2 Å². The van der Waals surface area contributed by atoms with Crippen LogP contribution in [0, 0.1) is 0 Å². The Balaban J connectivity index is 1.75. The molecule has 0 heterocycles. The molecule has 180 valence electrons. The summed E-state index contributed by atoms with van der Waals surface area (Å²) < 4.78 is 60.3. The van der Waals surface area contributed by atoms with Crippen molar-refractivity contribution in [2.24, 2.45) is 0 Å². The van der Waals surface area contributed by atoms with E-state index in [0.717, 1.165) is 11.8 Å². The summed E-state index contributed by atoms with van der Waals surface area (Å²) in [5.41, 5.74) is 2.65. The van der Waals surface area contributed by atoms with E-state index in [4.69, 9.17) is 4.74 Å². The van der Waals surface area contributed by atoms with Crippen molar-refractivity contribution in [3.05, 3.63) is 77.9 Å². The van der Waals surface area contributed by atoms with Crippen LogP contribution in [0.2, 0.25) is 0 Å². The van der Waals surface area contributed by atoms with Gasteiger partial charge in [0.05, 0.1) is 13.4 Å². The van der Waals surface area contributed by atoms with Crippen molar-refractivity contribution in [1.29, 1.82) is 0 Å². The molecule has 0 aliphatic rings. The van der Waals surface area contributed by atoms with E-state index in [1.807, 2.05) is 0 Å². The van der Waals surface area contributed by atoms with Crippen molar-refractivity contribution in [1.82, 2.24) is 4.72 Å². The predicted molar refractivity (Wildman–Crippen MR) is 126 cm³/mol. The molecule has 0 aliphatic heterocycles. The van der Waals surface area contributed by atoms with E-state index in [-0.39, 0.29) is 18.2 Å². The van der Waals surface area contributed by atoms with Gasteiger partial charge in [0, 0.05) is 23.4 Å². The summed E-state index contributed by atoms with van der Waals surface area (Å²) in [7, 11) is -1.74. The van der Waals surface area contributed by atoms with Gasteiger partial charge in [-0.15, -0.1) is 0 Å². The van der Waals surface area contributed by atoms with Crippen LogP contribution in [0.15, 0.2) is 66.7 Å². The zero-order chi connectivity index (χ0) is 24.7. The first kappa shape index (κ1) is 25.1. The lowest BCUT2D eigenvalue weighted by atomic mass is 10.0. The Morgan fingerprint density at radius 2 is 1.68 bits per heavy atom. The smallest absolute Gasteiger partial charge is 0.387 e. The van der Waals surface area contributed by atoms with E-state index in [9.17, 15) is 22.0 Å². The molecule has 34 heavy (non-hydrogen) atoms. The Labute approximate surface area is 196 Å². The number of rotatable bonds is 10. The number of ether oxygens (including phenoxy) is 2. The minimum atomic E-state index is -3.26. The fraction of sp³-hybridized carbons (Fsp3) is 0.208. The minimum Gasteiger partial charge on any atom is -0.497 e. The van der Waals surface area contributed by atoms with Gasteiger partial charge in [-0.1, -0.05) is 24.3 Å². The van der Waals surface area contributed by atoms with Crippen molar-refractivity contribution >= 4 is 21.6 Å². The average molecular weight is 491 g/mol. The lowest BCUT2D eigenvalue weighted by molar-refractivity contribution is -0.0494. The zero-order valence-corrected chi connectivity index (χ0v) is 19.4. The van der Waals surface area contributed by atoms with Gasteiger partial charge in [-0.25, -0.2) is 13.1 Å². The van der Waals surface area contributed by atoms with Crippen LogP contribution in [0.1, 0.15) is 15.9 Å². The molecule has 0 fully saturated rings. The summed E-state index contributed by atoms with van der Waals surface area (Å²) in [6, 6.07) is 17.9. The van der Waals surface area contributed by atoms with Gasteiger partial charge >= 0.3 is 6.61 Å².